The van der Waals surface area contributed by atoms with Gasteiger partial charge in [0.25, 0.3) is 0 Å². The molecule has 3 N–H and O–H groups in total. The molecule has 1 aromatic rings. The Labute approximate surface area is 90.7 Å². The highest BCUT2D eigenvalue weighted by atomic mass is 127. The quantitative estimate of drug-likeness (QED) is 0.637. The highest BCUT2D eigenvalue weighted by Crippen LogP contribution is 2.21. The smallest absolute Gasteiger partial charge is 0.229 e. The van der Waals surface area contributed by atoms with Crippen LogP contribution in [0.15, 0.2) is 18.2 Å². The predicted octanol–water partition coefficient (Wildman–Crippen LogP) is 1.24. The molecule has 4 nitrogen and oxygen atoms in total. The number of anilines is 2. The van der Waals surface area contributed by atoms with Crippen molar-refractivity contribution in [3.8, 4) is 0 Å². The van der Waals surface area contributed by atoms with Gasteiger partial charge in [-0.25, -0.2) is 8.42 Å². The van der Waals surface area contributed by atoms with Gasteiger partial charge in [-0.2, -0.15) is 0 Å². The molecule has 1 aromatic carbocycles. The Bertz CT molecular complexity index is 417. The molecule has 0 saturated carbocycles. The number of nitrogen functional groups attached to an aromatic ring is 1. The van der Waals surface area contributed by atoms with E-state index in [0.717, 1.165) is 9.83 Å². The molecule has 0 aliphatic heterocycles. The van der Waals surface area contributed by atoms with E-state index < -0.39 is 10.0 Å². The number of hydrogen-bond acceptors (Lipinski definition) is 3. The zero-order valence-electron chi connectivity index (χ0n) is 6.91. The van der Waals surface area contributed by atoms with Gasteiger partial charge < -0.3 is 5.73 Å². The van der Waals surface area contributed by atoms with Crippen molar-refractivity contribution in [2.24, 2.45) is 0 Å². The van der Waals surface area contributed by atoms with Crippen molar-refractivity contribution in [2.75, 3.05) is 16.7 Å². The van der Waals surface area contributed by atoms with Gasteiger partial charge in [0, 0.05) is 3.57 Å². The predicted molar refractivity (Wildman–Crippen MR) is 62.0 cm³/mol. The summed E-state index contributed by atoms with van der Waals surface area (Å²) in [6, 6.07) is 5.12. The van der Waals surface area contributed by atoms with Crippen LogP contribution >= 0.6 is 22.6 Å². The van der Waals surface area contributed by atoms with E-state index in [9.17, 15) is 8.42 Å². The first-order valence-corrected chi connectivity index (χ1v) is 6.38. The fraction of sp³-hybridized carbons (Fsp3) is 0.143. The van der Waals surface area contributed by atoms with Crippen molar-refractivity contribution >= 4 is 44.0 Å². The van der Waals surface area contributed by atoms with E-state index in [1.54, 1.807) is 18.2 Å². The highest BCUT2D eigenvalue weighted by molar-refractivity contribution is 14.1. The third-order valence-corrected chi connectivity index (χ3v) is 2.57. The standard InChI is InChI=1S/C7H9IN2O2S/c1-13(11,12)10-7-3-2-5(8)4-6(7)9/h2-4,10H,9H2,1H3. The summed E-state index contributed by atoms with van der Waals surface area (Å²) in [7, 11) is -3.24. The van der Waals surface area contributed by atoms with E-state index in [2.05, 4.69) is 27.3 Å². The molecule has 0 radical (unpaired) electrons. The molecular formula is C7H9IN2O2S. The lowest BCUT2D eigenvalue weighted by atomic mass is 10.3. The van der Waals surface area contributed by atoms with Gasteiger partial charge in [-0.05, 0) is 40.8 Å². The Morgan fingerprint density at radius 2 is 2.08 bits per heavy atom. The molecule has 0 unspecified atom stereocenters. The molecule has 0 saturated heterocycles. The van der Waals surface area contributed by atoms with E-state index in [1.165, 1.54) is 0 Å². The molecular weight excluding hydrogens is 303 g/mol. The van der Waals surface area contributed by atoms with Crippen molar-refractivity contribution in [1.82, 2.24) is 0 Å². The molecule has 0 aliphatic carbocycles. The lowest BCUT2D eigenvalue weighted by Gasteiger charge is -2.06. The van der Waals surface area contributed by atoms with Crippen LogP contribution in [-0.2, 0) is 10.0 Å². The van der Waals surface area contributed by atoms with Gasteiger partial charge in [0.15, 0.2) is 0 Å². The summed E-state index contributed by atoms with van der Waals surface area (Å²) < 4.78 is 25.0. The molecule has 0 atom stereocenters. The molecule has 13 heavy (non-hydrogen) atoms. The van der Waals surface area contributed by atoms with Gasteiger partial charge in [0.2, 0.25) is 10.0 Å². The first-order valence-electron chi connectivity index (χ1n) is 3.41. The number of halogens is 1. The van der Waals surface area contributed by atoms with Crippen molar-refractivity contribution in [3.63, 3.8) is 0 Å². The Morgan fingerprint density at radius 1 is 1.46 bits per heavy atom. The van der Waals surface area contributed by atoms with Crippen molar-refractivity contribution in [1.29, 1.82) is 0 Å². The number of hydrogen-bond donors (Lipinski definition) is 2. The summed E-state index contributed by atoms with van der Waals surface area (Å²) in [5, 5.41) is 0. The maximum absolute atomic E-state index is 10.9. The van der Waals surface area contributed by atoms with Gasteiger partial charge in [-0.15, -0.1) is 0 Å². The molecule has 0 fully saturated rings. The lowest BCUT2D eigenvalue weighted by molar-refractivity contribution is 0.607. The fourth-order valence-corrected chi connectivity index (χ4v) is 1.93. The number of rotatable bonds is 2. The van der Waals surface area contributed by atoms with Crippen molar-refractivity contribution < 1.29 is 8.42 Å². The zero-order chi connectivity index (χ0) is 10.1. The van der Waals surface area contributed by atoms with Crippen LogP contribution in [-0.4, -0.2) is 14.7 Å². The second kappa shape index (κ2) is 3.70. The number of benzene rings is 1. The second-order valence-corrected chi connectivity index (χ2v) is 5.60. The topological polar surface area (TPSA) is 72.2 Å². The summed E-state index contributed by atoms with van der Waals surface area (Å²) in [5.41, 5.74) is 6.44. The van der Waals surface area contributed by atoms with E-state index >= 15 is 0 Å². The monoisotopic (exact) mass is 312 g/mol. The largest absolute Gasteiger partial charge is 0.397 e. The molecule has 6 heteroatoms. The molecule has 0 bridgehead atoms. The minimum Gasteiger partial charge on any atom is -0.397 e. The second-order valence-electron chi connectivity index (χ2n) is 2.61. The number of nitrogens with two attached hydrogens (primary N) is 1. The maximum Gasteiger partial charge on any atom is 0.229 e. The van der Waals surface area contributed by atoms with Crippen LogP contribution in [0.2, 0.25) is 0 Å². The number of sulfonamides is 1. The van der Waals surface area contributed by atoms with Crippen LogP contribution in [0.4, 0.5) is 11.4 Å². The summed E-state index contributed by atoms with van der Waals surface area (Å²) in [6.45, 7) is 0. The van der Waals surface area contributed by atoms with E-state index in [0.29, 0.717) is 11.4 Å². The summed E-state index contributed by atoms with van der Waals surface area (Å²) in [4.78, 5) is 0. The Morgan fingerprint density at radius 3 is 2.54 bits per heavy atom. The Hall–Kier alpha value is -0.500. The van der Waals surface area contributed by atoms with Gasteiger partial charge in [-0.3, -0.25) is 4.72 Å². The molecule has 0 heterocycles. The normalized spacial score (nSPS) is 11.2. The first-order chi connectivity index (χ1) is 5.88. The molecule has 1 rings (SSSR count). The lowest BCUT2D eigenvalue weighted by Crippen LogP contribution is -2.11. The minimum atomic E-state index is -3.24. The zero-order valence-corrected chi connectivity index (χ0v) is 9.89. The Kier molecular flexibility index (Phi) is 3.01. The number of nitrogens with one attached hydrogen (secondary N) is 1. The van der Waals surface area contributed by atoms with Crippen LogP contribution in [0, 0.1) is 3.57 Å². The van der Waals surface area contributed by atoms with Crippen LogP contribution in [0.5, 0.6) is 0 Å². The van der Waals surface area contributed by atoms with E-state index in [4.69, 9.17) is 5.73 Å². The molecule has 0 spiro atoms. The van der Waals surface area contributed by atoms with Crippen molar-refractivity contribution in [2.45, 2.75) is 0 Å². The van der Waals surface area contributed by atoms with E-state index in [1.807, 2.05) is 0 Å². The fourth-order valence-electron chi connectivity index (χ4n) is 0.826. The average molecular weight is 312 g/mol. The van der Waals surface area contributed by atoms with Gasteiger partial charge in [0.05, 0.1) is 17.6 Å². The minimum absolute atomic E-state index is 0.419. The molecule has 0 aliphatic rings. The van der Waals surface area contributed by atoms with Crippen LogP contribution in [0.1, 0.15) is 0 Å². The SMILES string of the molecule is CS(=O)(=O)Nc1ccc(I)cc1N. The van der Waals surface area contributed by atoms with Crippen LogP contribution in [0.3, 0.4) is 0 Å². The third-order valence-electron chi connectivity index (χ3n) is 1.31. The van der Waals surface area contributed by atoms with Crippen molar-refractivity contribution in [3.05, 3.63) is 21.8 Å². The summed E-state index contributed by atoms with van der Waals surface area (Å²) in [6.07, 6.45) is 1.09. The third kappa shape index (κ3) is 3.39. The summed E-state index contributed by atoms with van der Waals surface area (Å²) in [5.74, 6) is 0. The maximum atomic E-state index is 10.9. The molecule has 0 aromatic heterocycles. The van der Waals surface area contributed by atoms with E-state index in [-0.39, 0.29) is 0 Å². The molecule has 0 amide bonds. The summed E-state index contributed by atoms with van der Waals surface area (Å²) >= 11 is 2.10. The average Bonchev–Trinajstić information content (AvgIpc) is 1.93. The van der Waals surface area contributed by atoms with Crippen LogP contribution in [0.25, 0.3) is 0 Å². The highest BCUT2D eigenvalue weighted by Gasteiger charge is 2.04. The molecule has 72 valence electrons. The first kappa shape index (κ1) is 10.6. The van der Waals surface area contributed by atoms with Gasteiger partial charge >= 0.3 is 0 Å². The van der Waals surface area contributed by atoms with Gasteiger partial charge in [0.1, 0.15) is 0 Å². The Balaban J connectivity index is 3.04. The van der Waals surface area contributed by atoms with Gasteiger partial charge in [-0.1, -0.05) is 0 Å². The van der Waals surface area contributed by atoms with Crippen LogP contribution < -0.4 is 10.5 Å².